The van der Waals surface area contributed by atoms with Crippen molar-refractivity contribution in [2.75, 3.05) is 26.2 Å². The van der Waals surface area contributed by atoms with Gasteiger partial charge in [0, 0.05) is 12.5 Å². The molecule has 162 valence electrons. The highest BCUT2D eigenvalue weighted by atomic mass is 19.1. The summed E-state index contributed by atoms with van der Waals surface area (Å²) in [4.78, 5) is 14.8. The molecule has 0 unspecified atom stereocenters. The molecule has 1 aliphatic heterocycles. The van der Waals surface area contributed by atoms with Crippen LogP contribution in [0.4, 0.5) is 4.39 Å². The molecule has 1 amide bonds. The highest BCUT2D eigenvalue weighted by molar-refractivity contribution is 5.78. The van der Waals surface area contributed by atoms with Crippen molar-refractivity contribution in [2.45, 2.75) is 45.6 Å². The fraction of sp³-hybridized carbons (Fsp3) is 0.480. The third-order valence-corrected chi connectivity index (χ3v) is 5.63. The predicted octanol–water partition coefficient (Wildman–Crippen LogP) is 4.53. The fourth-order valence-electron chi connectivity index (χ4n) is 3.89. The first kappa shape index (κ1) is 22.3. The van der Waals surface area contributed by atoms with Crippen molar-refractivity contribution in [1.82, 2.24) is 10.2 Å². The molecule has 0 aliphatic carbocycles. The van der Waals surface area contributed by atoms with E-state index in [2.05, 4.69) is 37.1 Å². The van der Waals surface area contributed by atoms with Gasteiger partial charge in [0.15, 0.2) is 0 Å². The lowest BCUT2D eigenvalue weighted by molar-refractivity contribution is -0.126. The van der Waals surface area contributed by atoms with E-state index in [9.17, 15) is 9.18 Å². The molecule has 0 spiro atoms. The molecule has 0 aromatic heterocycles. The summed E-state index contributed by atoms with van der Waals surface area (Å²) in [6.45, 7) is 10.0. The van der Waals surface area contributed by atoms with Crippen molar-refractivity contribution < 1.29 is 13.9 Å². The molecule has 0 atom stereocenters. The molecule has 30 heavy (non-hydrogen) atoms. The predicted molar refractivity (Wildman–Crippen MR) is 118 cm³/mol. The minimum absolute atomic E-state index is 0.0156. The number of carbonyl (C=O) groups excluding carboxylic acids is 1. The van der Waals surface area contributed by atoms with E-state index in [4.69, 9.17) is 4.74 Å². The van der Waals surface area contributed by atoms with Gasteiger partial charge in [-0.15, -0.1) is 0 Å². The summed E-state index contributed by atoms with van der Waals surface area (Å²) in [6.07, 6.45) is 1.70. The Hall–Kier alpha value is -2.40. The maximum atomic E-state index is 13.0. The van der Waals surface area contributed by atoms with Crippen LogP contribution in [0.25, 0.3) is 0 Å². The van der Waals surface area contributed by atoms with Crippen LogP contribution in [0.5, 0.6) is 5.75 Å². The molecule has 1 N–H and O–H groups in total. The Kier molecular flexibility index (Phi) is 7.48. The number of benzene rings is 2. The zero-order valence-electron chi connectivity index (χ0n) is 18.3. The smallest absolute Gasteiger partial charge is 0.223 e. The van der Waals surface area contributed by atoms with E-state index in [0.29, 0.717) is 13.2 Å². The molecule has 0 radical (unpaired) electrons. The van der Waals surface area contributed by atoms with E-state index in [1.807, 2.05) is 30.3 Å². The van der Waals surface area contributed by atoms with E-state index in [1.165, 1.54) is 17.7 Å². The Morgan fingerprint density at radius 1 is 1.10 bits per heavy atom. The van der Waals surface area contributed by atoms with Crippen molar-refractivity contribution in [3.8, 4) is 5.75 Å². The summed E-state index contributed by atoms with van der Waals surface area (Å²) in [5.74, 6) is 0.842. The van der Waals surface area contributed by atoms with Crippen LogP contribution in [0.2, 0.25) is 0 Å². The molecule has 1 heterocycles. The maximum Gasteiger partial charge on any atom is 0.223 e. The zero-order valence-corrected chi connectivity index (χ0v) is 18.3. The fourth-order valence-corrected chi connectivity index (χ4v) is 3.89. The van der Waals surface area contributed by atoms with Crippen molar-refractivity contribution in [2.24, 2.45) is 5.92 Å². The van der Waals surface area contributed by atoms with Crippen molar-refractivity contribution in [3.63, 3.8) is 0 Å². The highest BCUT2D eigenvalue weighted by Crippen LogP contribution is 2.30. The number of nitrogens with zero attached hydrogens (tertiary/aromatic N) is 1. The summed E-state index contributed by atoms with van der Waals surface area (Å²) >= 11 is 0. The molecule has 0 bridgehead atoms. The summed E-state index contributed by atoms with van der Waals surface area (Å²) in [5, 5.41) is 3.03. The number of piperidine rings is 1. The molecule has 2 aromatic carbocycles. The van der Waals surface area contributed by atoms with Gasteiger partial charge in [-0.25, -0.2) is 4.39 Å². The second-order valence-corrected chi connectivity index (χ2v) is 9.06. The molecule has 1 saturated heterocycles. The van der Waals surface area contributed by atoms with Gasteiger partial charge >= 0.3 is 0 Å². The summed E-state index contributed by atoms with van der Waals surface area (Å²) < 4.78 is 19.0. The molecule has 5 heteroatoms. The van der Waals surface area contributed by atoms with E-state index in [1.54, 1.807) is 0 Å². The molecule has 1 aliphatic rings. The van der Waals surface area contributed by atoms with Crippen molar-refractivity contribution >= 4 is 5.91 Å². The van der Waals surface area contributed by atoms with Crippen molar-refractivity contribution in [3.05, 3.63) is 65.5 Å². The van der Waals surface area contributed by atoms with Crippen LogP contribution in [0, 0.1) is 11.7 Å². The minimum Gasteiger partial charge on any atom is -0.491 e. The van der Waals surface area contributed by atoms with Crippen LogP contribution in [0.1, 0.15) is 44.7 Å². The third-order valence-electron chi connectivity index (χ3n) is 5.63. The standard InChI is InChI=1S/C25H33FN2O2/c1-25(2,3)22-6-4-5-7-23(22)30-17-14-27-24(29)20-12-15-28(16-13-20)18-19-8-10-21(26)11-9-19/h4-11,20H,12-18H2,1-3H3,(H,27,29). The monoisotopic (exact) mass is 412 g/mol. The number of likely N-dealkylation sites (tertiary alicyclic amines) is 1. The lowest BCUT2D eigenvalue weighted by atomic mass is 9.86. The second-order valence-electron chi connectivity index (χ2n) is 9.06. The number of amides is 1. The van der Waals surface area contributed by atoms with Gasteiger partial charge in [0.25, 0.3) is 0 Å². The van der Waals surface area contributed by atoms with Crippen molar-refractivity contribution in [1.29, 1.82) is 0 Å². The van der Waals surface area contributed by atoms with Crippen LogP contribution < -0.4 is 10.1 Å². The molecule has 2 aromatic rings. The Morgan fingerprint density at radius 3 is 2.43 bits per heavy atom. The van der Waals surface area contributed by atoms with E-state index in [0.717, 1.165) is 43.8 Å². The van der Waals surface area contributed by atoms with Crippen LogP contribution in [-0.4, -0.2) is 37.0 Å². The summed E-state index contributed by atoms with van der Waals surface area (Å²) in [7, 11) is 0. The van der Waals surface area contributed by atoms with E-state index >= 15 is 0 Å². The first-order valence-corrected chi connectivity index (χ1v) is 10.8. The quantitative estimate of drug-likeness (QED) is 0.680. The van der Waals surface area contributed by atoms with Gasteiger partial charge in [0.05, 0.1) is 6.54 Å². The highest BCUT2D eigenvalue weighted by Gasteiger charge is 2.25. The van der Waals surface area contributed by atoms with Gasteiger partial charge in [-0.1, -0.05) is 51.1 Å². The molecule has 1 fully saturated rings. The van der Waals surface area contributed by atoms with E-state index in [-0.39, 0.29) is 23.1 Å². The number of nitrogens with one attached hydrogen (secondary N) is 1. The average Bonchev–Trinajstić information content (AvgIpc) is 2.73. The topological polar surface area (TPSA) is 41.6 Å². The van der Waals surface area contributed by atoms with Crippen LogP contribution in [-0.2, 0) is 16.8 Å². The number of hydrogen-bond acceptors (Lipinski definition) is 3. The number of rotatable bonds is 7. The summed E-state index contributed by atoms with van der Waals surface area (Å²) in [6, 6.07) is 14.7. The number of ether oxygens (including phenoxy) is 1. The van der Waals surface area contributed by atoms with E-state index < -0.39 is 0 Å². The Morgan fingerprint density at radius 2 is 1.77 bits per heavy atom. The number of hydrogen-bond donors (Lipinski definition) is 1. The average molecular weight is 413 g/mol. The lowest BCUT2D eigenvalue weighted by Crippen LogP contribution is -2.41. The first-order valence-electron chi connectivity index (χ1n) is 10.8. The zero-order chi connectivity index (χ0) is 21.6. The maximum absolute atomic E-state index is 13.0. The van der Waals surface area contributed by atoms with Crippen LogP contribution in [0.15, 0.2) is 48.5 Å². The Bertz CT molecular complexity index is 822. The largest absolute Gasteiger partial charge is 0.491 e. The number of halogens is 1. The van der Waals surface area contributed by atoms with Crippen LogP contribution in [0.3, 0.4) is 0 Å². The van der Waals surface area contributed by atoms with Gasteiger partial charge in [-0.05, 0) is 60.7 Å². The minimum atomic E-state index is -0.208. The SMILES string of the molecule is CC(C)(C)c1ccccc1OCCNC(=O)C1CCN(Cc2ccc(F)cc2)CC1. The molecule has 0 saturated carbocycles. The molecular weight excluding hydrogens is 379 g/mol. The van der Waals surface area contributed by atoms with Gasteiger partial charge in [-0.2, -0.15) is 0 Å². The number of para-hydroxylation sites is 1. The lowest BCUT2D eigenvalue weighted by Gasteiger charge is -2.31. The van der Waals surface area contributed by atoms with Gasteiger partial charge in [-0.3, -0.25) is 9.69 Å². The van der Waals surface area contributed by atoms with Gasteiger partial charge in [0.2, 0.25) is 5.91 Å². The molecule has 3 rings (SSSR count). The second kappa shape index (κ2) is 10.1. The normalized spacial score (nSPS) is 15.7. The van der Waals surface area contributed by atoms with Gasteiger partial charge in [0.1, 0.15) is 18.2 Å². The summed E-state index contributed by atoms with van der Waals surface area (Å²) in [5.41, 5.74) is 2.29. The van der Waals surface area contributed by atoms with Crippen LogP contribution >= 0.6 is 0 Å². The Balaban J connectivity index is 1.38. The molecule has 4 nitrogen and oxygen atoms in total. The molecular formula is C25H33FN2O2. The number of carbonyl (C=O) groups is 1. The Labute approximate surface area is 179 Å². The third kappa shape index (κ3) is 6.30. The first-order chi connectivity index (χ1) is 14.3. The van der Waals surface area contributed by atoms with Gasteiger partial charge < -0.3 is 10.1 Å².